The minimum atomic E-state index is -1.20. The zero-order chi connectivity index (χ0) is 32.7. The molecule has 0 aliphatic carbocycles. The van der Waals surface area contributed by atoms with Crippen LogP contribution in [0.3, 0.4) is 0 Å². The first-order chi connectivity index (χ1) is 22.7. The number of benzene rings is 2. The maximum absolute atomic E-state index is 15.2. The molecule has 0 saturated carbocycles. The molecule has 0 amide bonds. The molecule has 2 saturated heterocycles. The summed E-state index contributed by atoms with van der Waals surface area (Å²) in [5, 5.41) is 9.94. The first-order valence-electron chi connectivity index (χ1n) is 15.3. The maximum Gasteiger partial charge on any atom is 0.335 e. The summed E-state index contributed by atoms with van der Waals surface area (Å²) in [6.45, 7) is 5.63. The van der Waals surface area contributed by atoms with E-state index in [1.165, 1.54) is 12.1 Å². The average Bonchev–Trinajstić information content (AvgIpc) is 3.79. The number of carbonyl (C=O) groups is 1. The number of rotatable bonds is 10. The van der Waals surface area contributed by atoms with Gasteiger partial charge in [0.1, 0.15) is 35.4 Å². The van der Waals surface area contributed by atoms with Gasteiger partial charge < -0.3 is 28.6 Å². The number of carboxylic acids is 1. The van der Waals surface area contributed by atoms with Gasteiger partial charge in [0.15, 0.2) is 5.82 Å². The number of aromatic nitrogens is 5. The van der Waals surface area contributed by atoms with E-state index >= 15 is 4.39 Å². The fraction of sp³-hybridized carbons (Fsp3) is 0.333. The Morgan fingerprint density at radius 2 is 1.91 bits per heavy atom. The number of pyridine rings is 1. The second-order valence-corrected chi connectivity index (χ2v) is 12.1. The lowest BCUT2D eigenvalue weighted by Gasteiger charge is -2.44. The van der Waals surface area contributed by atoms with Crippen molar-refractivity contribution in [3.8, 4) is 5.88 Å². The van der Waals surface area contributed by atoms with Gasteiger partial charge in [-0.25, -0.2) is 23.5 Å². The highest BCUT2D eigenvalue weighted by molar-refractivity contribution is 6.30. The molecule has 2 unspecified atom stereocenters. The van der Waals surface area contributed by atoms with Gasteiger partial charge in [-0.15, -0.1) is 0 Å². The normalized spacial score (nSPS) is 18.2. The number of hydrogen-bond acceptors (Lipinski definition) is 8. The second-order valence-electron chi connectivity index (χ2n) is 11.7. The summed E-state index contributed by atoms with van der Waals surface area (Å²) in [7, 11) is 0. The average molecular weight is 664 g/mol. The third-order valence-electron chi connectivity index (χ3n) is 8.88. The monoisotopic (exact) mass is 663 g/mol. The Bertz CT molecular complexity index is 1950. The van der Waals surface area contributed by atoms with Gasteiger partial charge in [-0.05, 0) is 37.3 Å². The number of fused-ring (bicyclic) bond motifs is 2. The molecule has 47 heavy (non-hydrogen) atoms. The van der Waals surface area contributed by atoms with Crippen LogP contribution >= 0.6 is 11.6 Å². The molecule has 1 N–H and O–H groups in total. The molecular formula is C33H32ClF2N7O4. The van der Waals surface area contributed by atoms with E-state index in [1.54, 1.807) is 24.4 Å². The molecule has 244 valence electrons. The maximum atomic E-state index is 15.2. The third kappa shape index (κ3) is 6.25. The predicted octanol–water partition coefficient (Wildman–Crippen LogP) is 4.93. The second kappa shape index (κ2) is 12.9. The van der Waals surface area contributed by atoms with Gasteiger partial charge >= 0.3 is 5.97 Å². The lowest BCUT2D eigenvalue weighted by atomic mass is 10.0. The van der Waals surface area contributed by atoms with E-state index in [0.717, 1.165) is 17.7 Å². The first kappa shape index (κ1) is 31.0. The summed E-state index contributed by atoms with van der Waals surface area (Å²) < 4.78 is 45.2. The van der Waals surface area contributed by atoms with Gasteiger partial charge in [-0.1, -0.05) is 23.7 Å². The fourth-order valence-electron chi connectivity index (χ4n) is 6.41. The largest absolute Gasteiger partial charge is 0.478 e. The highest BCUT2D eigenvalue weighted by Crippen LogP contribution is 2.31. The number of carboxylic acid groups (broad SMARTS) is 1. The summed E-state index contributed by atoms with van der Waals surface area (Å²) in [5.74, 6) is 0.276. The van der Waals surface area contributed by atoms with Crippen molar-refractivity contribution in [3.05, 3.63) is 100 Å². The summed E-state index contributed by atoms with van der Waals surface area (Å²) in [5.41, 5.74) is 0.832. The lowest BCUT2D eigenvalue weighted by molar-refractivity contribution is 0.0696. The number of ether oxygens (including phenoxy) is 2. The van der Waals surface area contributed by atoms with Crippen LogP contribution in [-0.2, 0) is 31.0 Å². The molecular weight excluding hydrogens is 632 g/mol. The molecule has 14 heteroatoms. The van der Waals surface area contributed by atoms with Crippen molar-refractivity contribution in [2.24, 2.45) is 0 Å². The lowest BCUT2D eigenvalue weighted by Crippen LogP contribution is -2.59. The number of piperazine rings is 1. The third-order valence-corrected chi connectivity index (χ3v) is 9.11. The molecule has 0 bridgehead atoms. The molecule has 2 aliphatic heterocycles. The number of imidazole rings is 2. The number of anilines is 1. The zero-order valence-corrected chi connectivity index (χ0v) is 26.3. The van der Waals surface area contributed by atoms with Crippen LogP contribution < -0.4 is 9.64 Å². The van der Waals surface area contributed by atoms with Gasteiger partial charge in [0.25, 0.3) is 0 Å². The highest BCUT2D eigenvalue weighted by Gasteiger charge is 2.42. The molecule has 2 fully saturated rings. The molecule has 0 radical (unpaired) electrons. The Labute approximate surface area is 273 Å². The quantitative estimate of drug-likeness (QED) is 0.222. The summed E-state index contributed by atoms with van der Waals surface area (Å²) in [4.78, 5) is 30.0. The Balaban J connectivity index is 1.12. The van der Waals surface area contributed by atoms with Crippen LogP contribution in [0.25, 0.3) is 11.0 Å². The van der Waals surface area contributed by atoms with Crippen LogP contribution in [0.15, 0.2) is 60.9 Å². The molecule has 5 aromatic rings. The van der Waals surface area contributed by atoms with Crippen molar-refractivity contribution in [1.29, 1.82) is 0 Å². The van der Waals surface area contributed by atoms with Gasteiger partial charge in [-0.3, -0.25) is 4.90 Å². The standard InChI is InChI=1S/C33H32ClF2N7O4/c1-20-37-7-8-40(20)9-11-42-26-14-22(33(44)45)13-25(36)32(26)39-30(42)16-41-10-12-43(28-19-46-18-27(28)41)29-3-2-4-31(38-29)47-17-21-5-6-23(34)15-24(21)35/h2-8,13-15,27-28H,9-12,16-19H2,1H3,(H,44,45). The number of hydrogen-bond donors (Lipinski definition) is 1. The summed E-state index contributed by atoms with van der Waals surface area (Å²) in [6, 6.07) is 12.5. The Kier molecular flexibility index (Phi) is 8.52. The highest BCUT2D eigenvalue weighted by atomic mass is 35.5. The minimum absolute atomic E-state index is 0.00173. The molecule has 3 aromatic heterocycles. The van der Waals surface area contributed by atoms with Crippen molar-refractivity contribution in [3.63, 3.8) is 0 Å². The molecule has 11 nitrogen and oxygen atoms in total. The van der Waals surface area contributed by atoms with Crippen molar-refractivity contribution >= 4 is 34.4 Å². The molecule has 7 rings (SSSR count). The van der Waals surface area contributed by atoms with Crippen LogP contribution in [0, 0.1) is 18.6 Å². The molecule has 0 spiro atoms. The molecule has 2 aliphatic rings. The van der Waals surface area contributed by atoms with Crippen molar-refractivity contribution in [2.75, 3.05) is 31.2 Å². The topological polar surface area (TPSA) is 111 Å². The number of aromatic carboxylic acids is 1. The van der Waals surface area contributed by atoms with E-state index in [-0.39, 0.29) is 29.8 Å². The van der Waals surface area contributed by atoms with E-state index in [9.17, 15) is 14.3 Å². The van der Waals surface area contributed by atoms with Crippen LogP contribution in [0.1, 0.15) is 27.6 Å². The Morgan fingerprint density at radius 1 is 1.06 bits per heavy atom. The van der Waals surface area contributed by atoms with Crippen LogP contribution in [0.2, 0.25) is 5.02 Å². The van der Waals surface area contributed by atoms with Gasteiger partial charge in [-0.2, -0.15) is 4.98 Å². The summed E-state index contributed by atoms with van der Waals surface area (Å²) in [6.07, 6.45) is 3.60. The molecule has 2 aromatic carbocycles. The Hall–Kier alpha value is -4.59. The van der Waals surface area contributed by atoms with Crippen LogP contribution in [-0.4, -0.2) is 78.4 Å². The number of halogens is 3. The van der Waals surface area contributed by atoms with Crippen LogP contribution in [0.5, 0.6) is 5.88 Å². The van der Waals surface area contributed by atoms with E-state index in [2.05, 4.69) is 14.8 Å². The predicted molar refractivity (Wildman–Crippen MR) is 170 cm³/mol. The van der Waals surface area contributed by atoms with Crippen LogP contribution in [0.4, 0.5) is 14.6 Å². The van der Waals surface area contributed by atoms with Crippen molar-refractivity contribution in [1.82, 2.24) is 29.0 Å². The molecule has 2 atom stereocenters. The van der Waals surface area contributed by atoms with E-state index in [4.69, 9.17) is 31.0 Å². The SMILES string of the molecule is Cc1nccn1CCn1c(CN2CCN(c3cccc(OCc4ccc(Cl)cc4F)n3)C3COCC32)nc2c(F)cc(C(=O)O)cc21. The number of aryl methyl sites for hydroxylation is 3. The minimum Gasteiger partial charge on any atom is -0.478 e. The van der Waals surface area contributed by atoms with Gasteiger partial charge in [0, 0.05) is 55.2 Å². The van der Waals surface area contributed by atoms with E-state index < -0.39 is 17.6 Å². The van der Waals surface area contributed by atoms with Crippen molar-refractivity contribution in [2.45, 2.75) is 45.2 Å². The zero-order valence-electron chi connectivity index (χ0n) is 25.5. The smallest absolute Gasteiger partial charge is 0.335 e. The van der Waals surface area contributed by atoms with Gasteiger partial charge in [0.2, 0.25) is 5.88 Å². The van der Waals surface area contributed by atoms with Crippen molar-refractivity contribution < 1.29 is 28.2 Å². The van der Waals surface area contributed by atoms with E-state index in [1.807, 2.05) is 34.4 Å². The van der Waals surface area contributed by atoms with E-state index in [0.29, 0.717) is 73.7 Å². The summed E-state index contributed by atoms with van der Waals surface area (Å²) >= 11 is 5.87. The number of nitrogens with zero attached hydrogens (tertiary/aromatic N) is 7. The fourth-order valence-corrected chi connectivity index (χ4v) is 6.57. The van der Waals surface area contributed by atoms with Gasteiger partial charge in [0.05, 0.1) is 42.9 Å². The Morgan fingerprint density at radius 3 is 2.70 bits per heavy atom. The molecule has 5 heterocycles. The first-order valence-corrected chi connectivity index (χ1v) is 15.6.